The summed E-state index contributed by atoms with van der Waals surface area (Å²) in [6.45, 7) is 3.77. The monoisotopic (exact) mass is 458 g/mol. The van der Waals surface area contributed by atoms with Crippen molar-refractivity contribution in [2.75, 3.05) is 7.11 Å². The van der Waals surface area contributed by atoms with Crippen molar-refractivity contribution < 1.29 is 23.4 Å². The summed E-state index contributed by atoms with van der Waals surface area (Å²) < 4.78 is 23.0. The van der Waals surface area contributed by atoms with E-state index < -0.39 is 28.1 Å². The van der Waals surface area contributed by atoms with E-state index in [0.29, 0.717) is 28.0 Å². The van der Waals surface area contributed by atoms with E-state index in [0.717, 1.165) is 0 Å². The molecular formula is C22H19BrO6. The molecule has 2 aromatic carbocycles. The molecular weight excluding hydrogens is 440 g/mol. The van der Waals surface area contributed by atoms with Gasteiger partial charge in [-0.25, -0.2) is 9.59 Å². The first-order valence-electron chi connectivity index (χ1n) is 9.05. The Labute approximate surface area is 175 Å². The van der Waals surface area contributed by atoms with Crippen LogP contribution in [0.1, 0.15) is 35.9 Å². The van der Waals surface area contributed by atoms with Gasteiger partial charge < -0.3 is 18.6 Å². The fraction of sp³-hybridized carbons (Fsp3) is 0.273. The molecule has 0 saturated heterocycles. The SMILES string of the molecule is COc1cc2c(c3oc(=O)ccc13)[C@H](OC(=O)c1ccccc1)[C@@H](Br)C(C)(C)O2. The molecule has 1 aromatic heterocycles. The summed E-state index contributed by atoms with van der Waals surface area (Å²) in [5, 5.41) is 0.592. The second-order valence-electron chi connectivity index (χ2n) is 7.29. The topological polar surface area (TPSA) is 75.0 Å². The number of methoxy groups -OCH3 is 1. The zero-order valence-electron chi connectivity index (χ0n) is 16.1. The second-order valence-corrected chi connectivity index (χ2v) is 8.27. The molecule has 0 amide bonds. The van der Waals surface area contributed by atoms with Crippen molar-refractivity contribution in [1.29, 1.82) is 0 Å². The first-order chi connectivity index (χ1) is 13.8. The number of hydrogen-bond acceptors (Lipinski definition) is 6. The minimum Gasteiger partial charge on any atom is -0.496 e. The Kier molecular flexibility index (Phi) is 4.86. The van der Waals surface area contributed by atoms with Gasteiger partial charge in [0, 0.05) is 12.1 Å². The highest BCUT2D eigenvalue weighted by Gasteiger charge is 2.46. The maximum Gasteiger partial charge on any atom is 0.338 e. The van der Waals surface area contributed by atoms with Gasteiger partial charge in [0.1, 0.15) is 17.1 Å². The lowest BCUT2D eigenvalue weighted by Crippen LogP contribution is -2.46. The van der Waals surface area contributed by atoms with Crippen molar-refractivity contribution in [2.45, 2.75) is 30.4 Å². The highest BCUT2D eigenvalue weighted by molar-refractivity contribution is 9.09. The number of fused-ring (bicyclic) bond motifs is 3. The molecule has 2 heterocycles. The van der Waals surface area contributed by atoms with E-state index in [1.165, 1.54) is 13.2 Å². The lowest BCUT2D eigenvalue weighted by atomic mass is 9.90. The van der Waals surface area contributed by atoms with Crippen LogP contribution in [-0.2, 0) is 4.74 Å². The zero-order valence-corrected chi connectivity index (χ0v) is 17.7. The van der Waals surface area contributed by atoms with Crippen molar-refractivity contribution in [3.63, 3.8) is 0 Å². The predicted octanol–water partition coefficient (Wildman–Crippen LogP) is 4.63. The summed E-state index contributed by atoms with van der Waals surface area (Å²) in [4.78, 5) is 24.4. The van der Waals surface area contributed by atoms with E-state index in [1.54, 1.807) is 36.4 Å². The molecule has 1 aliphatic rings. The zero-order chi connectivity index (χ0) is 20.8. The van der Waals surface area contributed by atoms with Gasteiger partial charge in [-0.15, -0.1) is 0 Å². The molecule has 0 saturated carbocycles. The highest BCUT2D eigenvalue weighted by Crippen LogP contribution is 2.50. The van der Waals surface area contributed by atoms with E-state index in [-0.39, 0.29) is 5.58 Å². The van der Waals surface area contributed by atoms with Crippen molar-refractivity contribution in [3.8, 4) is 11.5 Å². The van der Waals surface area contributed by atoms with Crippen LogP contribution in [-0.4, -0.2) is 23.5 Å². The average Bonchev–Trinajstić information content (AvgIpc) is 2.70. The van der Waals surface area contributed by atoms with Crippen LogP contribution in [0.4, 0.5) is 0 Å². The first kappa shape index (κ1) is 19.5. The van der Waals surface area contributed by atoms with Crippen LogP contribution >= 0.6 is 15.9 Å². The maximum atomic E-state index is 12.8. The van der Waals surface area contributed by atoms with Crippen LogP contribution in [0.5, 0.6) is 11.5 Å². The maximum absolute atomic E-state index is 12.8. The quantitative estimate of drug-likeness (QED) is 0.323. The fourth-order valence-electron chi connectivity index (χ4n) is 3.45. The smallest absolute Gasteiger partial charge is 0.338 e. The largest absolute Gasteiger partial charge is 0.496 e. The number of ether oxygens (including phenoxy) is 3. The molecule has 1 aliphatic heterocycles. The van der Waals surface area contributed by atoms with Crippen LogP contribution in [0.15, 0.2) is 57.7 Å². The van der Waals surface area contributed by atoms with Gasteiger partial charge in [0.25, 0.3) is 0 Å². The number of esters is 1. The number of halogens is 1. The Hall–Kier alpha value is -2.80. The first-order valence-corrected chi connectivity index (χ1v) is 9.97. The standard InChI is InChI=1S/C22H19BrO6/c1-22(2)20(23)19(28-21(25)12-7-5-4-6-8-12)17-15(29-22)11-14(26-3)13-9-10-16(24)27-18(13)17/h4-11,19-20H,1-3H3/t19-,20+/m0/s1. The summed E-state index contributed by atoms with van der Waals surface area (Å²) in [7, 11) is 1.53. The van der Waals surface area contributed by atoms with Crippen LogP contribution in [0.25, 0.3) is 11.0 Å². The number of hydrogen-bond donors (Lipinski definition) is 0. The Morgan fingerprint density at radius 1 is 1.14 bits per heavy atom. The van der Waals surface area contributed by atoms with Crippen LogP contribution in [0, 0.1) is 0 Å². The minimum absolute atomic E-state index is 0.276. The second kappa shape index (κ2) is 7.22. The molecule has 7 heteroatoms. The van der Waals surface area contributed by atoms with E-state index in [1.807, 2.05) is 19.9 Å². The van der Waals surface area contributed by atoms with Gasteiger partial charge in [-0.1, -0.05) is 34.1 Å². The lowest BCUT2D eigenvalue weighted by molar-refractivity contribution is -0.00865. The number of alkyl halides is 1. The number of benzene rings is 2. The van der Waals surface area contributed by atoms with Crippen LogP contribution in [0.2, 0.25) is 0 Å². The molecule has 150 valence electrons. The summed E-state index contributed by atoms with van der Waals surface area (Å²) >= 11 is 3.63. The number of rotatable bonds is 3. The van der Waals surface area contributed by atoms with Gasteiger partial charge >= 0.3 is 11.6 Å². The summed E-state index contributed by atoms with van der Waals surface area (Å²) in [6.07, 6.45) is -0.750. The van der Waals surface area contributed by atoms with Gasteiger partial charge in [-0.05, 0) is 32.0 Å². The van der Waals surface area contributed by atoms with Crippen molar-refractivity contribution in [1.82, 2.24) is 0 Å². The summed E-state index contributed by atoms with van der Waals surface area (Å²) in [5.41, 5.74) is -0.0291. The molecule has 0 spiro atoms. The number of carbonyl (C=O) groups is 1. The molecule has 0 unspecified atom stereocenters. The predicted molar refractivity (Wildman–Crippen MR) is 111 cm³/mol. The molecule has 0 N–H and O–H groups in total. The Morgan fingerprint density at radius 3 is 2.55 bits per heavy atom. The van der Waals surface area contributed by atoms with Crippen LogP contribution in [0.3, 0.4) is 0 Å². The van der Waals surface area contributed by atoms with E-state index in [4.69, 9.17) is 18.6 Å². The lowest BCUT2D eigenvalue weighted by Gasteiger charge is -2.41. The number of carbonyl (C=O) groups excluding carboxylic acids is 1. The van der Waals surface area contributed by atoms with Gasteiger partial charge in [-0.2, -0.15) is 0 Å². The summed E-state index contributed by atoms with van der Waals surface area (Å²) in [5.74, 6) is 0.459. The van der Waals surface area contributed by atoms with Crippen molar-refractivity contribution in [2.24, 2.45) is 0 Å². The molecule has 0 radical (unpaired) electrons. The molecule has 3 aromatic rings. The van der Waals surface area contributed by atoms with E-state index >= 15 is 0 Å². The molecule has 6 nitrogen and oxygen atoms in total. The third-order valence-corrected chi connectivity index (χ3v) is 6.50. The van der Waals surface area contributed by atoms with Crippen LogP contribution < -0.4 is 15.1 Å². The molecule has 0 bridgehead atoms. The summed E-state index contributed by atoms with van der Waals surface area (Å²) in [6, 6.07) is 13.4. The molecule has 4 rings (SSSR count). The van der Waals surface area contributed by atoms with E-state index in [2.05, 4.69) is 15.9 Å². The Balaban J connectivity index is 1.91. The molecule has 29 heavy (non-hydrogen) atoms. The van der Waals surface area contributed by atoms with Gasteiger partial charge in [0.05, 0.1) is 28.5 Å². The molecule has 2 atom stereocenters. The van der Waals surface area contributed by atoms with Gasteiger partial charge in [0.15, 0.2) is 11.7 Å². The van der Waals surface area contributed by atoms with E-state index in [9.17, 15) is 9.59 Å². The van der Waals surface area contributed by atoms with Crippen molar-refractivity contribution >= 4 is 32.9 Å². The van der Waals surface area contributed by atoms with Gasteiger partial charge in [0.2, 0.25) is 0 Å². The average molecular weight is 459 g/mol. The van der Waals surface area contributed by atoms with Crippen molar-refractivity contribution in [3.05, 3.63) is 70.1 Å². The third kappa shape index (κ3) is 3.40. The normalized spacial score (nSPS) is 19.9. The Bertz CT molecular complexity index is 1140. The minimum atomic E-state index is -0.750. The molecule has 0 fully saturated rings. The Morgan fingerprint density at radius 2 is 1.86 bits per heavy atom. The third-order valence-electron chi connectivity index (χ3n) is 4.92. The van der Waals surface area contributed by atoms with Gasteiger partial charge in [-0.3, -0.25) is 0 Å². The highest BCUT2D eigenvalue weighted by atomic mass is 79.9. The fourth-order valence-corrected chi connectivity index (χ4v) is 3.91. The molecule has 0 aliphatic carbocycles.